The maximum atomic E-state index is 11.1. The van der Waals surface area contributed by atoms with Crippen molar-refractivity contribution in [2.75, 3.05) is 30.3 Å². The zero-order valence-electron chi connectivity index (χ0n) is 10.7. The number of nitrogens with zero attached hydrogens (tertiary/aromatic N) is 2. The monoisotopic (exact) mass is 321 g/mol. The summed E-state index contributed by atoms with van der Waals surface area (Å²) in [5.74, 6) is 1.06. The van der Waals surface area contributed by atoms with Crippen molar-refractivity contribution in [2.24, 2.45) is 4.99 Å². The number of sulfonamides is 1. The van der Waals surface area contributed by atoms with Gasteiger partial charge >= 0.3 is 0 Å². The molecule has 1 aliphatic heterocycles. The topological polar surface area (TPSA) is 61.8 Å². The van der Waals surface area contributed by atoms with Crippen LogP contribution in [0.3, 0.4) is 0 Å². The minimum atomic E-state index is -3.22. The van der Waals surface area contributed by atoms with Crippen LogP contribution in [0.4, 0.5) is 11.4 Å². The fraction of sp³-hybridized carbons (Fsp3) is 0.364. The van der Waals surface area contributed by atoms with Crippen molar-refractivity contribution >= 4 is 50.7 Å². The maximum Gasteiger partial charge on any atom is 0.229 e. The number of anilines is 1. The standard InChI is InChI=1S/C11H15N3O2S2.ClH/c1-14-7-8-17-11(14)12-9-3-5-10(6-4-9)13-18(2,15)16;/h3-6,13H,7-8H2,1-2H3;1H. The van der Waals surface area contributed by atoms with Crippen molar-refractivity contribution in [3.63, 3.8) is 0 Å². The third-order valence-corrected chi connectivity index (χ3v) is 4.03. The van der Waals surface area contributed by atoms with Gasteiger partial charge in [-0.1, -0.05) is 11.8 Å². The summed E-state index contributed by atoms with van der Waals surface area (Å²) in [6.45, 7) is 1.01. The van der Waals surface area contributed by atoms with Gasteiger partial charge in [-0.3, -0.25) is 4.72 Å². The molecule has 1 fully saturated rings. The van der Waals surface area contributed by atoms with E-state index in [9.17, 15) is 8.42 Å². The zero-order valence-corrected chi connectivity index (χ0v) is 13.1. The van der Waals surface area contributed by atoms with Gasteiger partial charge in [0.1, 0.15) is 0 Å². The Balaban J connectivity index is 0.00000180. The summed E-state index contributed by atoms with van der Waals surface area (Å²) in [7, 11) is -1.21. The number of aliphatic imine (C=N–C) groups is 1. The van der Waals surface area contributed by atoms with E-state index in [-0.39, 0.29) is 12.4 Å². The molecule has 1 aromatic rings. The van der Waals surface area contributed by atoms with Crippen LogP contribution < -0.4 is 4.72 Å². The van der Waals surface area contributed by atoms with Gasteiger partial charge in [0.2, 0.25) is 10.0 Å². The van der Waals surface area contributed by atoms with Crippen LogP contribution in [0.1, 0.15) is 0 Å². The van der Waals surface area contributed by atoms with E-state index in [1.807, 2.05) is 7.05 Å². The molecule has 0 atom stereocenters. The van der Waals surface area contributed by atoms with Crippen molar-refractivity contribution in [2.45, 2.75) is 0 Å². The molecule has 1 saturated heterocycles. The second-order valence-corrected chi connectivity index (χ2v) is 6.90. The van der Waals surface area contributed by atoms with Crippen LogP contribution in [0.5, 0.6) is 0 Å². The first kappa shape index (κ1) is 16.1. The van der Waals surface area contributed by atoms with Crippen molar-refractivity contribution in [3.8, 4) is 0 Å². The van der Waals surface area contributed by atoms with E-state index in [0.29, 0.717) is 5.69 Å². The van der Waals surface area contributed by atoms with E-state index >= 15 is 0 Å². The molecule has 1 aliphatic rings. The Bertz CT molecular complexity index is 558. The second kappa shape index (κ2) is 6.49. The SMILES string of the molecule is CN1CCSC1=Nc1ccc(NS(C)(=O)=O)cc1.Cl. The van der Waals surface area contributed by atoms with Gasteiger partial charge in [0.25, 0.3) is 0 Å². The lowest BCUT2D eigenvalue weighted by molar-refractivity contribution is 0.563. The number of halogens is 1. The van der Waals surface area contributed by atoms with Crippen LogP contribution in [0, 0.1) is 0 Å². The molecule has 0 bridgehead atoms. The van der Waals surface area contributed by atoms with Crippen LogP contribution in [-0.2, 0) is 10.0 Å². The normalized spacial score (nSPS) is 17.4. The van der Waals surface area contributed by atoms with Crippen LogP contribution in [0.25, 0.3) is 0 Å². The number of hydrogen-bond donors (Lipinski definition) is 1. The molecule has 1 heterocycles. The van der Waals surface area contributed by atoms with E-state index in [1.54, 1.807) is 36.0 Å². The lowest BCUT2D eigenvalue weighted by Gasteiger charge is -2.09. The first-order valence-electron chi connectivity index (χ1n) is 5.44. The molecule has 19 heavy (non-hydrogen) atoms. The minimum absolute atomic E-state index is 0. The van der Waals surface area contributed by atoms with Crippen LogP contribution in [-0.4, -0.2) is 44.1 Å². The Labute approximate surface area is 123 Å². The molecule has 0 radical (unpaired) electrons. The first-order chi connectivity index (χ1) is 8.44. The van der Waals surface area contributed by atoms with E-state index in [2.05, 4.69) is 14.6 Å². The molecule has 5 nitrogen and oxygen atoms in total. The maximum absolute atomic E-state index is 11.1. The Morgan fingerprint density at radius 3 is 2.42 bits per heavy atom. The van der Waals surface area contributed by atoms with Crippen molar-refractivity contribution in [1.29, 1.82) is 0 Å². The van der Waals surface area contributed by atoms with Gasteiger partial charge < -0.3 is 4.90 Å². The van der Waals surface area contributed by atoms with Gasteiger partial charge in [0.15, 0.2) is 5.17 Å². The number of amidine groups is 1. The van der Waals surface area contributed by atoms with Crippen LogP contribution in [0.2, 0.25) is 0 Å². The van der Waals surface area contributed by atoms with Crippen molar-refractivity contribution in [3.05, 3.63) is 24.3 Å². The minimum Gasteiger partial charge on any atom is -0.353 e. The van der Waals surface area contributed by atoms with Crippen LogP contribution >= 0.6 is 24.2 Å². The van der Waals surface area contributed by atoms with E-state index < -0.39 is 10.0 Å². The highest BCUT2D eigenvalue weighted by Crippen LogP contribution is 2.22. The van der Waals surface area contributed by atoms with Gasteiger partial charge in [-0.05, 0) is 24.3 Å². The third kappa shape index (κ3) is 4.93. The Morgan fingerprint density at radius 2 is 1.95 bits per heavy atom. The van der Waals surface area contributed by atoms with Gasteiger partial charge in [-0.2, -0.15) is 0 Å². The number of rotatable bonds is 3. The van der Waals surface area contributed by atoms with E-state index in [1.165, 1.54) is 0 Å². The average Bonchev–Trinajstić information content (AvgIpc) is 2.65. The summed E-state index contributed by atoms with van der Waals surface area (Å²) >= 11 is 1.72. The second-order valence-electron chi connectivity index (χ2n) is 4.09. The highest BCUT2D eigenvalue weighted by molar-refractivity contribution is 8.14. The van der Waals surface area contributed by atoms with E-state index in [0.717, 1.165) is 29.4 Å². The molecule has 0 amide bonds. The predicted molar refractivity (Wildman–Crippen MR) is 84.3 cm³/mol. The fourth-order valence-electron chi connectivity index (χ4n) is 1.53. The molecule has 0 aliphatic carbocycles. The van der Waals surface area contributed by atoms with Crippen molar-refractivity contribution < 1.29 is 8.42 Å². The quantitative estimate of drug-likeness (QED) is 0.926. The average molecular weight is 322 g/mol. The first-order valence-corrected chi connectivity index (χ1v) is 8.32. The highest BCUT2D eigenvalue weighted by atomic mass is 35.5. The Hall–Kier alpha value is -0.920. The molecule has 0 spiro atoms. The largest absolute Gasteiger partial charge is 0.353 e. The molecule has 0 saturated carbocycles. The summed E-state index contributed by atoms with van der Waals surface area (Å²) in [5, 5.41) is 0.999. The molecule has 8 heteroatoms. The van der Waals surface area contributed by atoms with Crippen LogP contribution in [0.15, 0.2) is 29.3 Å². The summed E-state index contributed by atoms with van der Waals surface area (Å²) in [6, 6.07) is 7.01. The molecule has 106 valence electrons. The van der Waals surface area contributed by atoms with Gasteiger partial charge in [0, 0.05) is 25.0 Å². The zero-order chi connectivity index (χ0) is 13.2. The summed E-state index contributed by atoms with van der Waals surface area (Å²) in [5.41, 5.74) is 1.37. The molecule has 1 N–H and O–H groups in total. The fourth-order valence-corrected chi connectivity index (χ4v) is 3.12. The predicted octanol–water partition coefficient (Wildman–Crippen LogP) is 2.15. The number of hydrogen-bond acceptors (Lipinski definition) is 4. The smallest absolute Gasteiger partial charge is 0.229 e. The molecular formula is C11H16ClN3O2S2. The van der Waals surface area contributed by atoms with Gasteiger partial charge in [-0.15, -0.1) is 12.4 Å². The summed E-state index contributed by atoms with van der Waals surface area (Å²) in [6.07, 6.45) is 1.13. The van der Waals surface area contributed by atoms with Gasteiger partial charge in [0.05, 0.1) is 11.9 Å². The van der Waals surface area contributed by atoms with Gasteiger partial charge in [-0.25, -0.2) is 13.4 Å². The molecular weight excluding hydrogens is 306 g/mol. The number of benzene rings is 1. The Kier molecular flexibility index (Phi) is 5.51. The lowest BCUT2D eigenvalue weighted by atomic mass is 10.3. The molecule has 0 aromatic heterocycles. The number of nitrogens with one attached hydrogen (secondary N) is 1. The summed E-state index contributed by atoms with van der Waals surface area (Å²) in [4.78, 5) is 6.61. The molecule has 2 rings (SSSR count). The molecule has 1 aromatic carbocycles. The van der Waals surface area contributed by atoms with E-state index in [4.69, 9.17) is 0 Å². The molecule has 0 unspecified atom stereocenters. The third-order valence-electron chi connectivity index (χ3n) is 2.38. The Morgan fingerprint density at radius 1 is 1.32 bits per heavy atom. The summed E-state index contributed by atoms with van der Waals surface area (Å²) < 4.78 is 24.5. The lowest BCUT2D eigenvalue weighted by Crippen LogP contribution is -2.17. The van der Waals surface area contributed by atoms with Crippen molar-refractivity contribution in [1.82, 2.24) is 4.90 Å². The highest BCUT2D eigenvalue weighted by Gasteiger charge is 2.14. The number of thioether (sulfide) groups is 1.